The standard InChI is InChI=1S/C24H40N4O7/c1-8-11-25-21(32)19(30)16(9-2)26-20(31)18-15(14(3)4)10-12-28(18)22(33)17(13-29)27-23(34)35-24(5,6)7/h8,14-18,29H,1,9-13H2,2-7H3,(H,25,32)(H,26,31)(H,27,34)/t15-,16+,17+,18+/m1/s1. The molecular weight excluding hydrogens is 456 g/mol. The summed E-state index contributed by atoms with van der Waals surface area (Å²) in [6, 6.07) is -3.30. The molecule has 35 heavy (non-hydrogen) atoms. The van der Waals surface area contributed by atoms with Gasteiger partial charge in [0.2, 0.25) is 17.6 Å². The topological polar surface area (TPSA) is 154 Å². The predicted molar refractivity (Wildman–Crippen MR) is 129 cm³/mol. The molecule has 0 radical (unpaired) electrons. The van der Waals surface area contributed by atoms with Crippen LogP contribution < -0.4 is 16.0 Å². The maximum atomic E-state index is 13.3. The van der Waals surface area contributed by atoms with Gasteiger partial charge >= 0.3 is 6.09 Å². The first kappa shape index (κ1) is 30.1. The first-order valence-corrected chi connectivity index (χ1v) is 11.9. The van der Waals surface area contributed by atoms with E-state index in [0.29, 0.717) is 6.42 Å². The molecule has 198 valence electrons. The summed E-state index contributed by atoms with van der Waals surface area (Å²) in [7, 11) is 0. The molecule has 0 unspecified atom stereocenters. The highest BCUT2D eigenvalue weighted by molar-refractivity contribution is 6.38. The van der Waals surface area contributed by atoms with Gasteiger partial charge in [0.1, 0.15) is 17.7 Å². The molecule has 1 saturated heterocycles. The number of ether oxygens (including phenoxy) is 1. The molecule has 0 aromatic heterocycles. The molecular formula is C24H40N4O7. The van der Waals surface area contributed by atoms with Crippen LogP contribution in [0.3, 0.4) is 0 Å². The third-order valence-electron chi connectivity index (χ3n) is 5.70. The molecule has 11 nitrogen and oxygen atoms in total. The summed E-state index contributed by atoms with van der Waals surface area (Å²) in [6.45, 7) is 13.6. The third-order valence-corrected chi connectivity index (χ3v) is 5.70. The number of hydrogen-bond donors (Lipinski definition) is 4. The molecule has 4 amide bonds. The monoisotopic (exact) mass is 496 g/mol. The number of amides is 4. The van der Waals surface area contributed by atoms with Crippen LogP contribution in [0, 0.1) is 11.8 Å². The molecule has 0 aromatic carbocycles. The zero-order valence-corrected chi connectivity index (χ0v) is 21.6. The third kappa shape index (κ3) is 8.65. The van der Waals surface area contributed by atoms with E-state index in [2.05, 4.69) is 22.5 Å². The molecule has 0 bridgehead atoms. The number of aliphatic hydroxyl groups excluding tert-OH is 1. The van der Waals surface area contributed by atoms with Crippen molar-refractivity contribution in [1.82, 2.24) is 20.9 Å². The predicted octanol–water partition coefficient (Wildman–Crippen LogP) is 0.511. The maximum absolute atomic E-state index is 13.3. The summed E-state index contributed by atoms with van der Waals surface area (Å²) < 4.78 is 5.17. The zero-order valence-electron chi connectivity index (χ0n) is 21.6. The van der Waals surface area contributed by atoms with Crippen LogP contribution in [0.5, 0.6) is 0 Å². The Hall–Kier alpha value is -2.95. The molecule has 0 aliphatic carbocycles. The Balaban J connectivity index is 3.08. The molecule has 0 spiro atoms. The molecule has 0 aromatic rings. The van der Waals surface area contributed by atoms with Crippen LogP contribution in [0.25, 0.3) is 0 Å². The number of carbonyl (C=O) groups is 5. The minimum absolute atomic E-state index is 0.0293. The molecule has 1 fully saturated rings. The van der Waals surface area contributed by atoms with Gasteiger partial charge in [0, 0.05) is 13.1 Å². The fourth-order valence-corrected chi connectivity index (χ4v) is 3.95. The van der Waals surface area contributed by atoms with E-state index in [1.807, 2.05) is 13.8 Å². The average molecular weight is 497 g/mol. The van der Waals surface area contributed by atoms with Crippen molar-refractivity contribution in [3.8, 4) is 0 Å². The Bertz CT molecular complexity index is 806. The second-order valence-corrected chi connectivity index (χ2v) is 9.89. The van der Waals surface area contributed by atoms with Gasteiger partial charge in [-0.05, 0) is 45.4 Å². The second kappa shape index (κ2) is 13.2. The minimum atomic E-state index is -1.31. The van der Waals surface area contributed by atoms with E-state index in [0.717, 1.165) is 0 Å². The number of aliphatic hydroxyl groups is 1. The molecule has 0 saturated carbocycles. The van der Waals surface area contributed by atoms with Crippen LogP contribution in [0.4, 0.5) is 4.79 Å². The number of carbonyl (C=O) groups excluding carboxylic acids is 5. The van der Waals surface area contributed by atoms with Crippen molar-refractivity contribution in [2.75, 3.05) is 19.7 Å². The molecule has 4 atom stereocenters. The van der Waals surface area contributed by atoms with Gasteiger partial charge in [0.15, 0.2) is 0 Å². The lowest BCUT2D eigenvalue weighted by Crippen LogP contribution is -2.58. The Morgan fingerprint density at radius 3 is 2.26 bits per heavy atom. The van der Waals surface area contributed by atoms with Crippen LogP contribution in [0.15, 0.2) is 12.7 Å². The lowest BCUT2D eigenvalue weighted by Gasteiger charge is -2.32. The smallest absolute Gasteiger partial charge is 0.408 e. The van der Waals surface area contributed by atoms with E-state index in [1.165, 1.54) is 11.0 Å². The molecule has 4 N–H and O–H groups in total. The van der Waals surface area contributed by atoms with Crippen LogP contribution in [-0.4, -0.2) is 83.0 Å². The van der Waals surface area contributed by atoms with E-state index in [4.69, 9.17) is 4.74 Å². The van der Waals surface area contributed by atoms with E-state index in [-0.39, 0.29) is 31.3 Å². The number of Topliss-reactive ketones (excluding diaryl/α,β-unsaturated/α-hetero) is 1. The van der Waals surface area contributed by atoms with Gasteiger partial charge in [-0.1, -0.05) is 26.8 Å². The quantitative estimate of drug-likeness (QED) is 0.240. The lowest BCUT2D eigenvalue weighted by molar-refractivity contribution is -0.144. The Morgan fingerprint density at radius 2 is 1.77 bits per heavy atom. The second-order valence-electron chi connectivity index (χ2n) is 9.89. The normalized spacial score (nSPS) is 19.5. The SMILES string of the molecule is C=CCNC(=O)C(=O)[C@H](CC)NC(=O)[C@@H]1[C@@H](C(C)C)CCN1C(=O)[C@H](CO)NC(=O)OC(C)(C)C. The molecule has 1 aliphatic heterocycles. The summed E-state index contributed by atoms with van der Waals surface area (Å²) in [5, 5.41) is 17.2. The van der Waals surface area contributed by atoms with Crippen molar-refractivity contribution >= 4 is 29.6 Å². The summed E-state index contributed by atoms with van der Waals surface area (Å²) >= 11 is 0. The largest absolute Gasteiger partial charge is 0.444 e. The Kier molecular flexibility index (Phi) is 11.4. The number of nitrogens with zero attached hydrogens (tertiary/aromatic N) is 1. The number of ketones is 1. The number of alkyl carbamates (subject to hydrolysis) is 1. The van der Waals surface area contributed by atoms with Crippen LogP contribution >= 0.6 is 0 Å². The van der Waals surface area contributed by atoms with Gasteiger partial charge in [0.05, 0.1) is 12.6 Å². The first-order valence-electron chi connectivity index (χ1n) is 11.9. The lowest BCUT2D eigenvalue weighted by atomic mass is 9.88. The van der Waals surface area contributed by atoms with E-state index < -0.39 is 59.9 Å². The van der Waals surface area contributed by atoms with Crippen molar-refractivity contribution in [1.29, 1.82) is 0 Å². The summed E-state index contributed by atoms with van der Waals surface area (Å²) in [5.74, 6) is -3.02. The minimum Gasteiger partial charge on any atom is -0.444 e. The maximum Gasteiger partial charge on any atom is 0.408 e. The number of nitrogens with one attached hydrogen (secondary N) is 3. The van der Waals surface area contributed by atoms with Crippen molar-refractivity contribution in [2.24, 2.45) is 11.8 Å². The van der Waals surface area contributed by atoms with Crippen molar-refractivity contribution < 1.29 is 33.8 Å². The molecule has 1 aliphatic rings. The summed E-state index contributed by atoms with van der Waals surface area (Å²) in [6.07, 6.45) is 1.27. The summed E-state index contributed by atoms with van der Waals surface area (Å²) in [4.78, 5) is 64.6. The number of rotatable bonds is 11. The molecule has 1 rings (SSSR count). The van der Waals surface area contributed by atoms with Crippen LogP contribution in [0.2, 0.25) is 0 Å². The molecule has 11 heteroatoms. The van der Waals surface area contributed by atoms with E-state index in [9.17, 15) is 29.1 Å². The Morgan fingerprint density at radius 1 is 1.14 bits per heavy atom. The fraction of sp³-hybridized carbons (Fsp3) is 0.708. The zero-order chi connectivity index (χ0) is 26.9. The molecule has 1 heterocycles. The number of hydrogen-bond acceptors (Lipinski definition) is 7. The first-order chi connectivity index (χ1) is 16.3. The number of likely N-dealkylation sites (tertiary alicyclic amines) is 1. The van der Waals surface area contributed by atoms with Crippen LogP contribution in [-0.2, 0) is 23.9 Å². The van der Waals surface area contributed by atoms with Gasteiger partial charge in [-0.15, -0.1) is 6.58 Å². The van der Waals surface area contributed by atoms with Gasteiger partial charge in [0.25, 0.3) is 5.91 Å². The fourth-order valence-electron chi connectivity index (χ4n) is 3.95. The average Bonchev–Trinajstić information content (AvgIpc) is 3.22. The van der Waals surface area contributed by atoms with E-state index >= 15 is 0 Å². The van der Waals surface area contributed by atoms with Gasteiger partial charge in [-0.2, -0.15) is 0 Å². The Labute approximate surface area is 207 Å². The highest BCUT2D eigenvalue weighted by Gasteiger charge is 2.45. The van der Waals surface area contributed by atoms with Gasteiger partial charge in [-0.25, -0.2) is 4.79 Å². The van der Waals surface area contributed by atoms with Crippen molar-refractivity contribution in [3.05, 3.63) is 12.7 Å². The van der Waals surface area contributed by atoms with Crippen LogP contribution in [0.1, 0.15) is 54.4 Å². The summed E-state index contributed by atoms with van der Waals surface area (Å²) in [5.41, 5.74) is -0.800. The highest BCUT2D eigenvalue weighted by atomic mass is 16.6. The van der Waals surface area contributed by atoms with Gasteiger partial charge < -0.3 is 30.7 Å². The van der Waals surface area contributed by atoms with Crippen molar-refractivity contribution in [3.63, 3.8) is 0 Å². The van der Waals surface area contributed by atoms with Crippen molar-refractivity contribution in [2.45, 2.75) is 78.1 Å². The van der Waals surface area contributed by atoms with Gasteiger partial charge in [-0.3, -0.25) is 19.2 Å². The highest BCUT2D eigenvalue weighted by Crippen LogP contribution is 2.31. The van der Waals surface area contributed by atoms with E-state index in [1.54, 1.807) is 27.7 Å².